The minimum atomic E-state index is -2.45. The Hall–Kier alpha value is -0.960. The van der Waals surface area contributed by atoms with Crippen LogP contribution in [0, 0.1) is 12.8 Å². The molecule has 2 rings (SSSR count). The van der Waals surface area contributed by atoms with Gasteiger partial charge in [-0.1, -0.05) is 29.8 Å². The number of halogens is 2. The van der Waals surface area contributed by atoms with Crippen LogP contribution in [0.25, 0.3) is 0 Å². The van der Waals surface area contributed by atoms with Gasteiger partial charge in [0.1, 0.15) is 0 Å². The van der Waals surface area contributed by atoms with Gasteiger partial charge in [0.2, 0.25) is 5.92 Å². The molecule has 0 saturated heterocycles. The molecule has 0 heterocycles. The predicted octanol–water partition coefficient (Wildman–Crippen LogP) is 3.69. The van der Waals surface area contributed by atoms with Crippen LogP contribution in [0.1, 0.15) is 36.8 Å². The Morgan fingerprint density at radius 3 is 2.56 bits per heavy atom. The van der Waals surface area contributed by atoms with Crippen molar-refractivity contribution in [1.82, 2.24) is 0 Å². The highest BCUT2D eigenvalue weighted by Crippen LogP contribution is 2.40. The molecule has 1 fully saturated rings. The van der Waals surface area contributed by atoms with E-state index in [-0.39, 0.29) is 24.8 Å². The molecule has 18 heavy (non-hydrogen) atoms. The van der Waals surface area contributed by atoms with E-state index in [0.717, 1.165) is 6.42 Å². The average Bonchev–Trinajstić information content (AvgIpc) is 2.61. The van der Waals surface area contributed by atoms with E-state index < -0.39 is 5.92 Å². The normalized spacial score (nSPS) is 24.1. The number of hydrogen-bond acceptors (Lipinski definition) is 1. The van der Waals surface area contributed by atoms with E-state index in [1.807, 2.05) is 6.92 Å². The largest absolute Gasteiger partial charge is 0.327 e. The Kier molecular flexibility index (Phi) is 4.00. The Balaban J connectivity index is 1.82. The summed E-state index contributed by atoms with van der Waals surface area (Å²) in [4.78, 5) is 0. The Morgan fingerprint density at radius 2 is 2.00 bits per heavy atom. The third-order valence-corrected chi connectivity index (χ3v) is 3.76. The van der Waals surface area contributed by atoms with Crippen molar-refractivity contribution in [1.29, 1.82) is 0 Å². The number of hydrogen-bond donors (Lipinski definition) is 1. The van der Waals surface area contributed by atoms with Crippen molar-refractivity contribution in [3.63, 3.8) is 0 Å². The number of alkyl halides is 2. The summed E-state index contributed by atoms with van der Waals surface area (Å²) in [6.45, 7) is 2.05. The van der Waals surface area contributed by atoms with Gasteiger partial charge in [-0.15, -0.1) is 0 Å². The fourth-order valence-electron chi connectivity index (χ4n) is 2.78. The molecule has 1 saturated carbocycles. The second-order valence-corrected chi connectivity index (χ2v) is 5.65. The first-order valence-corrected chi connectivity index (χ1v) is 6.63. The minimum Gasteiger partial charge on any atom is -0.327 e. The zero-order valence-electron chi connectivity index (χ0n) is 10.8. The van der Waals surface area contributed by atoms with E-state index >= 15 is 0 Å². The second kappa shape index (κ2) is 5.35. The smallest absolute Gasteiger partial charge is 0.248 e. The number of nitrogens with two attached hydrogens (primary N) is 1. The number of benzene rings is 1. The summed E-state index contributed by atoms with van der Waals surface area (Å²) in [5.74, 6) is -2.35. The van der Waals surface area contributed by atoms with E-state index in [2.05, 4.69) is 24.3 Å². The van der Waals surface area contributed by atoms with Gasteiger partial charge in [-0.3, -0.25) is 0 Å². The number of aryl methyl sites for hydroxylation is 1. The van der Waals surface area contributed by atoms with Gasteiger partial charge < -0.3 is 5.73 Å². The molecule has 0 bridgehead atoms. The molecule has 1 aliphatic carbocycles. The lowest BCUT2D eigenvalue weighted by atomic mass is 9.94. The summed E-state index contributed by atoms with van der Waals surface area (Å²) < 4.78 is 26.2. The van der Waals surface area contributed by atoms with Crippen molar-refractivity contribution in [2.75, 3.05) is 0 Å². The summed E-state index contributed by atoms with van der Waals surface area (Å²) in [5.41, 5.74) is 8.48. The van der Waals surface area contributed by atoms with Crippen molar-refractivity contribution in [2.45, 2.75) is 51.0 Å². The van der Waals surface area contributed by atoms with Gasteiger partial charge in [0, 0.05) is 18.9 Å². The van der Waals surface area contributed by atoms with Gasteiger partial charge in [-0.2, -0.15) is 0 Å². The predicted molar refractivity (Wildman–Crippen MR) is 69.8 cm³/mol. The molecule has 0 amide bonds. The number of rotatable bonds is 4. The van der Waals surface area contributed by atoms with E-state index in [0.29, 0.717) is 12.8 Å². The maximum atomic E-state index is 13.1. The summed E-state index contributed by atoms with van der Waals surface area (Å²) in [7, 11) is 0. The Bertz CT molecular complexity index is 386. The third kappa shape index (κ3) is 3.77. The van der Waals surface area contributed by atoms with Crippen molar-refractivity contribution in [3.05, 3.63) is 35.4 Å². The molecule has 2 N–H and O–H groups in total. The molecule has 2 atom stereocenters. The summed E-state index contributed by atoms with van der Waals surface area (Å²) in [6.07, 6.45) is 2.17. The Morgan fingerprint density at radius 1 is 1.33 bits per heavy atom. The van der Waals surface area contributed by atoms with Gasteiger partial charge >= 0.3 is 0 Å². The quantitative estimate of drug-likeness (QED) is 0.870. The molecule has 1 aliphatic rings. The maximum absolute atomic E-state index is 13.1. The second-order valence-electron chi connectivity index (χ2n) is 5.65. The summed E-state index contributed by atoms with van der Waals surface area (Å²) in [5, 5.41) is 0. The molecule has 2 unspecified atom stereocenters. The van der Waals surface area contributed by atoms with Crippen LogP contribution in [0.2, 0.25) is 0 Å². The average molecular weight is 253 g/mol. The molecule has 0 aromatic heterocycles. The molecule has 0 radical (unpaired) electrons. The van der Waals surface area contributed by atoms with Crippen LogP contribution in [0.5, 0.6) is 0 Å². The fraction of sp³-hybridized carbons (Fsp3) is 0.600. The first kappa shape index (κ1) is 13.5. The molecule has 100 valence electrons. The molecule has 1 aromatic rings. The zero-order chi connectivity index (χ0) is 13.2. The SMILES string of the molecule is Cc1ccc(CC(N)CC2CCC(F)(F)C2)cc1. The van der Waals surface area contributed by atoms with Crippen molar-refractivity contribution in [3.8, 4) is 0 Å². The fourth-order valence-corrected chi connectivity index (χ4v) is 2.78. The van der Waals surface area contributed by atoms with E-state index in [1.54, 1.807) is 0 Å². The standard InChI is InChI=1S/C15H21F2N/c1-11-2-4-12(5-3-11)8-14(18)9-13-6-7-15(16,17)10-13/h2-5,13-14H,6-10,18H2,1H3. The third-order valence-electron chi connectivity index (χ3n) is 3.76. The molecule has 1 nitrogen and oxygen atoms in total. The van der Waals surface area contributed by atoms with E-state index in [9.17, 15) is 8.78 Å². The van der Waals surface area contributed by atoms with Gasteiger partial charge in [0.05, 0.1) is 0 Å². The van der Waals surface area contributed by atoms with Crippen LogP contribution in [0.15, 0.2) is 24.3 Å². The zero-order valence-corrected chi connectivity index (χ0v) is 10.8. The van der Waals surface area contributed by atoms with E-state index in [1.165, 1.54) is 11.1 Å². The lowest BCUT2D eigenvalue weighted by Crippen LogP contribution is -2.26. The molecule has 1 aromatic carbocycles. The van der Waals surface area contributed by atoms with Crippen LogP contribution in [-0.4, -0.2) is 12.0 Å². The highest BCUT2D eigenvalue weighted by atomic mass is 19.3. The maximum Gasteiger partial charge on any atom is 0.248 e. The minimum absolute atomic E-state index is 0.00777. The summed E-state index contributed by atoms with van der Waals surface area (Å²) in [6, 6.07) is 8.25. The van der Waals surface area contributed by atoms with Gasteiger partial charge in [0.25, 0.3) is 0 Å². The molecular weight excluding hydrogens is 232 g/mol. The molecule has 0 aliphatic heterocycles. The highest BCUT2D eigenvalue weighted by Gasteiger charge is 2.39. The first-order chi connectivity index (χ1) is 8.44. The van der Waals surface area contributed by atoms with Crippen molar-refractivity contribution in [2.24, 2.45) is 11.7 Å². The van der Waals surface area contributed by atoms with E-state index in [4.69, 9.17) is 5.73 Å². The van der Waals surface area contributed by atoms with Gasteiger partial charge in [-0.25, -0.2) is 8.78 Å². The van der Waals surface area contributed by atoms with Crippen LogP contribution >= 0.6 is 0 Å². The van der Waals surface area contributed by atoms with Crippen LogP contribution in [0.4, 0.5) is 8.78 Å². The lowest BCUT2D eigenvalue weighted by Gasteiger charge is -2.16. The van der Waals surface area contributed by atoms with Gasteiger partial charge in [-0.05, 0) is 37.7 Å². The highest BCUT2D eigenvalue weighted by molar-refractivity contribution is 5.22. The lowest BCUT2D eigenvalue weighted by molar-refractivity contribution is 0.00449. The van der Waals surface area contributed by atoms with Crippen LogP contribution in [-0.2, 0) is 6.42 Å². The molecular formula is C15H21F2N. The molecule has 3 heteroatoms. The van der Waals surface area contributed by atoms with Gasteiger partial charge in [0.15, 0.2) is 0 Å². The van der Waals surface area contributed by atoms with Crippen molar-refractivity contribution >= 4 is 0 Å². The monoisotopic (exact) mass is 253 g/mol. The Labute approximate surface area is 107 Å². The van der Waals surface area contributed by atoms with Crippen molar-refractivity contribution < 1.29 is 8.78 Å². The summed E-state index contributed by atoms with van der Waals surface area (Å²) >= 11 is 0. The topological polar surface area (TPSA) is 26.0 Å². The van der Waals surface area contributed by atoms with Crippen LogP contribution in [0.3, 0.4) is 0 Å². The first-order valence-electron chi connectivity index (χ1n) is 6.63. The molecule has 0 spiro atoms. The van der Waals surface area contributed by atoms with Crippen LogP contribution < -0.4 is 5.73 Å².